The minimum Gasteiger partial charge on any atom is -0.338 e. The fraction of sp³-hybridized carbons (Fsp3) is 0.579. The predicted molar refractivity (Wildman–Crippen MR) is 101 cm³/mol. The van der Waals surface area contributed by atoms with Gasteiger partial charge >= 0.3 is 0 Å². The highest BCUT2D eigenvalue weighted by Gasteiger charge is 2.35. The number of halogens is 1. The number of hydrogen-bond donors (Lipinski definition) is 1. The largest absolute Gasteiger partial charge is 0.338 e. The van der Waals surface area contributed by atoms with Gasteiger partial charge in [0.15, 0.2) is 0 Å². The van der Waals surface area contributed by atoms with Gasteiger partial charge < -0.3 is 15.1 Å². The van der Waals surface area contributed by atoms with Crippen molar-refractivity contribution in [3.8, 4) is 0 Å². The average molecular weight is 366 g/mol. The van der Waals surface area contributed by atoms with Crippen molar-refractivity contribution < 1.29 is 9.59 Å². The van der Waals surface area contributed by atoms with Gasteiger partial charge in [-0.3, -0.25) is 9.59 Å². The van der Waals surface area contributed by atoms with Crippen LogP contribution in [0.25, 0.3) is 0 Å². The maximum absolute atomic E-state index is 13.0. The van der Waals surface area contributed by atoms with Crippen molar-refractivity contribution in [3.05, 3.63) is 35.9 Å². The highest BCUT2D eigenvalue weighted by atomic mass is 35.5. The Morgan fingerprint density at radius 2 is 1.84 bits per heavy atom. The highest BCUT2D eigenvalue weighted by molar-refractivity contribution is 5.94. The normalized spacial score (nSPS) is 23.2. The number of hydrogen-bond acceptors (Lipinski definition) is 3. The molecule has 2 aliphatic heterocycles. The van der Waals surface area contributed by atoms with Gasteiger partial charge in [0, 0.05) is 37.8 Å². The summed E-state index contributed by atoms with van der Waals surface area (Å²) in [6, 6.07) is 9.67. The molecule has 2 saturated heterocycles. The second kappa shape index (κ2) is 9.20. The van der Waals surface area contributed by atoms with Crippen molar-refractivity contribution in [3.63, 3.8) is 0 Å². The molecule has 1 N–H and O–H groups in total. The lowest BCUT2D eigenvalue weighted by atomic mass is 9.95. The van der Waals surface area contributed by atoms with E-state index in [9.17, 15) is 9.59 Å². The molecule has 3 rings (SSSR count). The highest BCUT2D eigenvalue weighted by Crippen LogP contribution is 2.25. The molecule has 0 aliphatic carbocycles. The minimum atomic E-state index is -0.0520. The second-order valence-electron chi connectivity index (χ2n) is 6.84. The molecule has 0 spiro atoms. The second-order valence-corrected chi connectivity index (χ2v) is 6.84. The molecule has 0 bridgehead atoms. The van der Waals surface area contributed by atoms with Gasteiger partial charge in [0.1, 0.15) is 0 Å². The number of carbonyl (C=O) groups is 2. The first-order chi connectivity index (χ1) is 11.7. The van der Waals surface area contributed by atoms with Crippen molar-refractivity contribution in [2.75, 3.05) is 33.2 Å². The summed E-state index contributed by atoms with van der Waals surface area (Å²) in [5, 5.41) is 3.19. The molecule has 2 fully saturated rings. The van der Waals surface area contributed by atoms with Crippen LogP contribution in [-0.4, -0.2) is 60.9 Å². The number of benzene rings is 1. The molecule has 0 saturated carbocycles. The zero-order chi connectivity index (χ0) is 16.9. The number of rotatable bonds is 4. The Morgan fingerprint density at radius 1 is 1.12 bits per heavy atom. The standard InChI is InChI=1S/C19H27N3O2.ClH/c1-20-13-17-10-6-12-22(17)19(24)16-9-5-11-21(14-16)18(23)15-7-3-2-4-8-15;/h2-4,7-8,16-17,20H,5-6,9-14H2,1H3;1H. The van der Waals surface area contributed by atoms with E-state index in [1.807, 2.05) is 47.2 Å². The van der Waals surface area contributed by atoms with E-state index in [-0.39, 0.29) is 30.1 Å². The van der Waals surface area contributed by atoms with Gasteiger partial charge in [-0.1, -0.05) is 18.2 Å². The summed E-state index contributed by atoms with van der Waals surface area (Å²) in [5.41, 5.74) is 0.708. The van der Waals surface area contributed by atoms with Gasteiger partial charge in [-0.25, -0.2) is 0 Å². The monoisotopic (exact) mass is 365 g/mol. The van der Waals surface area contributed by atoms with Crippen LogP contribution in [0.1, 0.15) is 36.0 Å². The van der Waals surface area contributed by atoms with Crippen molar-refractivity contribution in [2.45, 2.75) is 31.7 Å². The van der Waals surface area contributed by atoms with E-state index in [0.717, 1.165) is 45.3 Å². The molecule has 0 radical (unpaired) electrons. The van der Waals surface area contributed by atoms with E-state index in [1.54, 1.807) is 0 Å². The predicted octanol–water partition coefficient (Wildman–Crippen LogP) is 2.17. The maximum atomic E-state index is 13.0. The van der Waals surface area contributed by atoms with Crippen LogP contribution >= 0.6 is 12.4 Å². The number of amides is 2. The topological polar surface area (TPSA) is 52.7 Å². The molecule has 2 aliphatic rings. The summed E-state index contributed by atoms with van der Waals surface area (Å²) in [6.45, 7) is 3.01. The summed E-state index contributed by atoms with van der Waals surface area (Å²) < 4.78 is 0. The smallest absolute Gasteiger partial charge is 0.253 e. The quantitative estimate of drug-likeness (QED) is 0.889. The van der Waals surface area contributed by atoms with Gasteiger partial charge in [-0.2, -0.15) is 0 Å². The molecule has 138 valence electrons. The van der Waals surface area contributed by atoms with Gasteiger partial charge in [-0.15, -0.1) is 12.4 Å². The van der Waals surface area contributed by atoms with Crippen LogP contribution in [0, 0.1) is 5.92 Å². The van der Waals surface area contributed by atoms with Gasteiger partial charge in [0.25, 0.3) is 5.91 Å². The Hall–Kier alpha value is -1.59. The summed E-state index contributed by atoms with van der Waals surface area (Å²) in [7, 11) is 1.93. The van der Waals surface area contributed by atoms with Crippen LogP contribution in [-0.2, 0) is 4.79 Å². The van der Waals surface area contributed by atoms with E-state index >= 15 is 0 Å². The van der Waals surface area contributed by atoms with Crippen molar-refractivity contribution >= 4 is 24.2 Å². The first-order valence-electron chi connectivity index (χ1n) is 9.00. The minimum absolute atomic E-state index is 0. The lowest BCUT2D eigenvalue weighted by Gasteiger charge is -2.35. The Balaban J connectivity index is 0.00000225. The molecule has 0 aromatic heterocycles. The number of nitrogens with one attached hydrogen (secondary N) is 1. The maximum Gasteiger partial charge on any atom is 0.253 e. The van der Waals surface area contributed by atoms with Crippen molar-refractivity contribution in [1.82, 2.24) is 15.1 Å². The molecule has 2 unspecified atom stereocenters. The number of carbonyl (C=O) groups excluding carboxylic acids is 2. The third-order valence-corrected chi connectivity index (χ3v) is 5.18. The molecule has 2 atom stereocenters. The van der Waals surface area contributed by atoms with Crippen molar-refractivity contribution in [1.29, 1.82) is 0 Å². The molecule has 2 amide bonds. The first-order valence-corrected chi connectivity index (χ1v) is 9.00. The van der Waals surface area contributed by atoms with E-state index in [4.69, 9.17) is 0 Å². The van der Waals surface area contributed by atoms with E-state index in [0.29, 0.717) is 18.2 Å². The van der Waals surface area contributed by atoms with Crippen LogP contribution in [0.4, 0.5) is 0 Å². The molecular formula is C19H28ClN3O2. The molecule has 1 aromatic rings. The van der Waals surface area contributed by atoms with Gasteiger partial charge in [0.2, 0.25) is 5.91 Å². The summed E-state index contributed by atoms with van der Waals surface area (Å²) in [4.78, 5) is 29.5. The Bertz CT molecular complexity index is 581. The Labute approximate surface area is 156 Å². The van der Waals surface area contributed by atoms with Gasteiger partial charge in [0.05, 0.1) is 5.92 Å². The number of likely N-dealkylation sites (N-methyl/N-ethyl adjacent to an activating group) is 1. The molecule has 1 aromatic carbocycles. The third-order valence-electron chi connectivity index (χ3n) is 5.18. The average Bonchev–Trinajstić information content (AvgIpc) is 3.10. The van der Waals surface area contributed by atoms with E-state index in [2.05, 4.69) is 5.32 Å². The first kappa shape index (κ1) is 19.7. The molecular weight excluding hydrogens is 338 g/mol. The number of likely N-dealkylation sites (tertiary alicyclic amines) is 2. The van der Waals surface area contributed by atoms with Crippen molar-refractivity contribution in [2.24, 2.45) is 5.92 Å². The van der Waals surface area contributed by atoms with Crippen LogP contribution in [0.2, 0.25) is 0 Å². The fourth-order valence-corrected chi connectivity index (χ4v) is 3.93. The summed E-state index contributed by atoms with van der Waals surface area (Å²) in [6.07, 6.45) is 3.95. The number of nitrogens with zero attached hydrogens (tertiary/aromatic N) is 2. The van der Waals surface area contributed by atoms with Crippen LogP contribution < -0.4 is 5.32 Å². The summed E-state index contributed by atoms with van der Waals surface area (Å²) in [5.74, 6) is 0.225. The third kappa shape index (κ3) is 4.53. The van der Waals surface area contributed by atoms with Gasteiger partial charge in [-0.05, 0) is 44.9 Å². The van der Waals surface area contributed by atoms with E-state index < -0.39 is 0 Å². The molecule has 25 heavy (non-hydrogen) atoms. The SMILES string of the molecule is CNCC1CCCN1C(=O)C1CCCN(C(=O)c2ccccc2)C1.Cl. The number of piperidine rings is 1. The van der Waals surface area contributed by atoms with Crippen LogP contribution in [0.3, 0.4) is 0 Å². The molecule has 6 heteroatoms. The molecule has 5 nitrogen and oxygen atoms in total. The molecule has 2 heterocycles. The van der Waals surface area contributed by atoms with E-state index in [1.165, 1.54) is 0 Å². The zero-order valence-electron chi connectivity index (χ0n) is 14.8. The zero-order valence-corrected chi connectivity index (χ0v) is 15.6. The Kier molecular flexibility index (Phi) is 7.26. The lowest BCUT2D eigenvalue weighted by Crippen LogP contribution is -2.49. The Morgan fingerprint density at radius 3 is 2.56 bits per heavy atom. The van der Waals surface area contributed by atoms with Crippen LogP contribution in [0.15, 0.2) is 30.3 Å². The lowest BCUT2D eigenvalue weighted by molar-refractivity contribution is -0.137. The van der Waals surface area contributed by atoms with Crippen LogP contribution in [0.5, 0.6) is 0 Å². The summed E-state index contributed by atoms with van der Waals surface area (Å²) >= 11 is 0. The fourth-order valence-electron chi connectivity index (χ4n) is 3.93.